The first-order valence-corrected chi connectivity index (χ1v) is 8.07. The molecule has 0 spiro atoms. The van der Waals surface area contributed by atoms with Gasteiger partial charge in [-0.1, -0.05) is 6.07 Å². The van der Waals surface area contributed by atoms with Gasteiger partial charge in [0, 0.05) is 19.0 Å². The van der Waals surface area contributed by atoms with Gasteiger partial charge in [-0.25, -0.2) is 9.18 Å². The molecular formula is C18H26FNO3. The third kappa shape index (κ3) is 4.93. The largest absolute Gasteiger partial charge is 0.444 e. The molecule has 1 N–H and O–H groups in total. The van der Waals surface area contributed by atoms with Crippen LogP contribution in [0.1, 0.15) is 38.3 Å². The number of aryl methyl sites for hydroxylation is 1. The lowest BCUT2D eigenvalue weighted by atomic mass is 9.87. The topological polar surface area (TPSA) is 49.8 Å². The molecule has 1 aromatic carbocycles. The monoisotopic (exact) mass is 323 g/mol. The summed E-state index contributed by atoms with van der Waals surface area (Å²) >= 11 is 0. The molecule has 2 atom stereocenters. The van der Waals surface area contributed by atoms with Gasteiger partial charge in [0.1, 0.15) is 11.4 Å². The molecule has 1 aliphatic heterocycles. The minimum Gasteiger partial charge on any atom is -0.444 e. The Bertz CT molecular complexity index is 568. The Morgan fingerprint density at radius 2 is 2.13 bits per heavy atom. The molecule has 1 aromatic rings. The predicted octanol–water partition coefficient (Wildman–Crippen LogP) is 3.29. The van der Waals surface area contributed by atoms with E-state index >= 15 is 0 Å². The maximum absolute atomic E-state index is 13.2. The molecule has 0 radical (unpaired) electrons. The fourth-order valence-corrected chi connectivity index (χ4v) is 2.88. The highest BCUT2D eigenvalue weighted by Crippen LogP contribution is 2.24. The summed E-state index contributed by atoms with van der Waals surface area (Å²) < 4.78 is 18.6. The quantitative estimate of drug-likeness (QED) is 0.908. The molecular weight excluding hydrogens is 297 g/mol. The number of likely N-dealkylation sites (tertiary alicyclic amines) is 1. The Kier molecular flexibility index (Phi) is 5.30. The maximum atomic E-state index is 13.2. The summed E-state index contributed by atoms with van der Waals surface area (Å²) in [6.45, 7) is 8.32. The molecule has 128 valence electrons. The highest BCUT2D eigenvalue weighted by molar-refractivity contribution is 5.68. The second-order valence-electron chi connectivity index (χ2n) is 7.32. The highest BCUT2D eigenvalue weighted by Gasteiger charge is 2.32. The summed E-state index contributed by atoms with van der Waals surface area (Å²) in [5.74, 6) is -0.328. The van der Waals surface area contributed by atoms with Crippen LogP contribution in [-0.4, -0.2) is 40.9 Å². The van der Waals surface area contributed by atoms with Crippen LogP contribution < -0.4 is 0 Å². The summed E-state index contributed by atoms with van der Waals surface area (Å²) in [7, 11) is 0. The molecule has 23 heavy (non-hydrogen) atoms. The minimum absolute atomic E-state index is 0.0690. The van der Waals surface area contributed by atoms with Crippen molar-refractivity contribution in [2.24, 2.45) is 5.92 Å². The average Bonchev–Trinajstić information content (AvgIpc) is 2.42. The molecule has 2 unspecified atom stereocenters. The van der Waals surface area contributed by atoms with E-state index in [1.54, 1.807) is 11.0 Å². The van der Waals surface area contributed by atoms with E-state index in [9.17, 15) is 14.3 Å². The van der Waals surface area contributed by atoms with E-state index in [-0.39, 0.29) is 17.8 Å². The molecule has 1 fully saturated rings. The molecule has 5 heteroatoms. The Morgan fingerprint density at radius 1 is 1.43 bits per heavy atom. The van der Waals surface area contributed by atoms with Crippen LogP contribution in [0.2, 0.25) is 0 Å². The number of piperidine rings is 1. The maximum Gasteiger partial charge on any atom is 0.410 e. The van der Waals surface area contributed by atoms with Crippen LogP contribution in [0, 0.1) is 18.7 Å². The van der Waals surface area contributed by atoms with E-state index in [1.807, 2.05) is 27.7 Å². The van der Waals surface area contributed by atoms with Crippen molar-refractivity contribution in [1.82, 2.24) is 4.90 Å². The van der Waals surface area contributed by atoms with Crippen molar-refractivity contribution in [2.75, 3.05) is 13.1 Å². The first-order valence-electron chi connectivity index (χ1n) is 8.07. The van der Waals surface area contributed by atoms with Crippen molar-refractivity contribution in [3.05, 3.63) is 35.1 Å². The van der Waals surface area contributed by atoms with Crippen molar-refractivity contribution in [2.45, 2.75) is 52.2 Å². The number of carbonyl (C=O) groups excluding carboxylic acids is 1. The number of hydrogen-bond donors (Lipinski definition) is 1. The van der Waals surface area contributed by atoms with Crippen molar-refractivity contribution in [1.29, 1.82) is 0 Å². The molecule has 0 aromatic heterocycles. The zero-order chi connectivity index (χ0) is 17.2. The second kappa shape index (κ2) is 6.87. The van der Waals surface area contributed by atoms with E-state index in [0.717, 1.165) is 11.1 Å². The van der Waals surface area contributed by atoms with Gasteiger partial charge in [-0.15, -0.1) is 0 Å². The smallest absolute Gasteiger partial charge is 0.410 e. The first-order chi connectivity index (χ1) is 10.7. The van der Waals surface area contributed by atoms with Gasteiger partial charge >= 0.3 is 6.09 Å². The van der Waals surface area contributed by atoms with Gasteiger partial charge in [-0.05, 0) is 63.8 Å². The van der Waals surface area contributed by atoms with Crippen molar-refractivity contribution in [3.63, 3.8) is 0 Å². The van der Waals surface area contributed by atoms with Crippen LogP contribution >= 0.6 is 0 Å². The standard InChI is InChI=1S/C18H26FNO3/c1-12-9-15(19)6-5-13(12)10-14-11-20(8-7-16(14)21)17(22)23-18(2,3)4/h5-6,9,14,16,21H,7-8,10-11H2,1-4H3. The Morgan fingerprint density at radius 3 is 2.74 bits per heavy atom. The number of carbonyl (C=O) groups is 1. The highest BCUT2D eigenvalue weighted by atomic mass is 19.1. The number of nitrogens with zero attached hydrogens (tertiary/aromatic N) is 1. The molecule has 2 rings (SSSR count). The summed E-state index contributed by atoms with van der Waals surface area (Å²) in [6, 6.07) is 4.68. The number of halogens is 1. The zero-order valence-electron chi connectivity index (χ0n) is 14.3. The van der Waals surface area contributed by atoms with Crippen LogP contribution in [0.4, 0.5) is 9.18 Å². The van der Waals surface area contributed by atoms with Crippen molar-refractivity contribution < 1.29 is 19.0 Å². The second-order valence-corrected chi connectivity index (χ2v) is 7.32. The molecule has 1 aliphatic rings. The third-order valence-corrected chi connectivity index (χ3v) is 4.13. The number of rotatable bonds is 2. The van der Waals surface area contributed by atoms with Gasteiger partial charge in [0.15, 0.2) is 0 Å². The number of aliphatic hydroxyl groups is 1. The summed E-state index contributed by atoms with van der Waals surface area (Å²) in [5, 5.41) is 10.3. The number of ether oxygens (including phenoxy) is 1. The molecule has 4 nitrogen and oxygen atoms in total. The lowest BCUT2D eigenvalue weighted by Gasteiger charge is -2.37. The molecule has 0 aliphatic carbocycles. The van der Waals surface area contributed by atoms with Crippen molar-refractivity contribution in [3.8, 4) is 0 Å². The van der Waals surface area contributed by atoms with Crippen LogP contribution in [-0.2, 0) is 11.2 Å². The number of hydrogen-bond acceptors (Lipinski definition) is 3. The molecule has 1 saturated heterocycles. The summed E-state index contributed by atoms with van der Waals surface area (Å²) in [6.07, 6.45) is 0.347. The van der Waals surface area contributed by atoms with Gasteiger partial charge in [-0.2, -0.15) is 0 Å². The fourth-order valence-electron chi connectivity index (χ4n) is 2.88. The molecule has 1 heterocycles. The van der Waals surface area contributed by atoms with E-state index in [4.69, 9.17) is 4.74 Å². The Labute approximate surface area is 137 Å². The van der Waals surface area contributed by atoms with Gasteiger partial charge in [-0.3, -0.25) is 0 Å². The summed E-state index contributed by atoms with van der Waals surface area (Å²) in [4.78, 5) is 13.9. The van der Waals surface area contributed by atoms with Crippen LogP contribution in [0.25, 0.3) is 0 Å². The number of benzene rings is 1. The van der Waals surface area contributed by atoms with Crippen LogP contribution in [0.15, 0.2) is 18.2 Å². The third-order valence-electron chi connectivity index (χ3n) is 4.13. The normalized spacial score (nSPS) is 22.1. The summed E-state index contributed by atoms with van der Waals surface area (Å²) in [5.41, 5.74) is 1.34. The Hall–Kier alpha value is -1.62. The Balaban J connectivity index is 2.04. The SMILES string of the molecule is Cc1cc(F)ccc1CC1CN(C(=O)OC(C)(C)C)CCC1O. The molecule has 1 amide bonds. The first kappa shape index (κ1) is 17.7. The molecule has 0 saturated carbocycles. The van der Waals surface area contributed by atoms with E-state index in [0.29, 0.717) is 25.9 Å². The van der Waals surface area contributed by atoms with Gasteiger partial charge in [0.05, 0.1) is 6.10 Å². The fraction of sp³-hybridized carbons (Fsp3) is 0.611. The average molecular weight is 323 g/mol. The van der Waals surface area contributed by atoms with Crippen molar-refractivity contribution >= 4 is 6.09 Å². The van der Waals surface area contributed by atoms with E-state index in [1.165, 1.54) is 12.1 Å². The lowest BCUT2D eigenvalue weighted by Crippen LogP contribution is -2.48. The number of amides is 1. The van der Waals surface area contributed by atoms with Crippen LogP contribution in [0.5, 0.6) is 0 Å². The van der Waals surface area contributed by atoms with Gasteiger partial charge in [0.25, 0.3) is 0 Å². The predicted molar refractivity (Wildman–Crippen MR) is 86.8 cm³/mol. The van der Waals surface area contributed by atoms with E-state index in [2.05, 4.69) is 0 Å². The number of aliphatic hydroxyl groups excluding tert-OH is 1. The molecule has 0 bridgehead atoms. The van der Waals surface area contributed by atoms with Gasteiger partial charge in [0.2, 0.25) is 0 Å². The van der Waals surface area contributed by atoms with Gasteiger partial charge < -0.3 is 14.7 Å². The van der Waals surface area contributed by atoms with Crippen LogP contribution in [0.3, 0.4) is 0 Å². The lowest BCUT2D eigenvalue weighted by molar-refractivity contribution is -0.00825. The minimum atomic E-state index is -0.532. The zero-order valence-corrected chi connectivity index (χ0v) is 14.3. The van der Waals surface area contributed by atoms with E-state index < -0.39 is 11.7 Å².